The number of hydrogen-bond donors (Lipinski definition) is 1. The average Bonchev–Trinajstić information content (AvgIpc) is 3.29. The number of fused-ring (bicyclic) bond motifs is 1. The molecule has 0 aliphatic rings. The van der Waals surface area contributed by atoms with Gasteiger partial charge in [0.05, 0.1) is 11.3 Å². The molecule has 0 atom stereocenters. The number of ketones is 1. The lowest BCUT2D eigenvalue weighted by Gasteiger charge is -2.09. The molecule has 32 heavy (non-hydrogen) atoms. The lowest BCUT2D eigenvalue weighted by atomic mass is 10.0. The van der Waals surface area contributed by atoms with Gasteiger partial charge < -0.3 is 9.73 Å². The second-order valence-corrected chi connectivity index (χ2v) is 7.26. The van der Waals surface area contributed by atoms with Crippen LogP contribution >= 0.6 is 0 Å². The quantitative estimate of drug-likeness (QED) is 0.357. The molecule has 1 aromatic heterocycles. The Bertz CT molecular complexity index is 1390. The molecule has 0 bridgehead atoms. The van der Waals surface area contributed by atoms with Gasteiger partial charge in [-0.25, -0.2) is 4.98 Å². The number of anilines is 1. The standard InChI is InChI=1S/C27H18N2O3/c30-25(18-8-2-1-3-9-18)19-14-16-20(17-15-19)26(31)28-22-11-5-4-10-21(22)27-29-23-12-6-7-13-24(23)32-27/h1-17H,(H,28,31). The monoisotopic (exact) mass is 418 g/mol. The highest BCUT2D eigenvalue weighted by molar-refractivity contribution is 6.10. The molecule has 5 heteroatoms. The molecule has 0 aliphatic heterocycles. The fourth-order valence-corrected chi connectivity index (χ4v) is 3.49. The fraction of sp³-hybridized carbons (Fsp3) is 0. The van der Waals surface area contributed by atoms with Gasteiger partial charge in [0.15, 0.2) is 11.4 Å². The fourth-order valence-electron chi connectivity index (χ4n) is 3.49. The first kappa shape index (κ1) is 19.5. The number of benzene rings is 4. The number of oxazole rings is 1. The molecule has 0 unspecified atom stereocenters. The zero-order valence-electron chi connectivity index (χ0n) is 17.0. The van der Waals surface area contributed by atoms with Crippen molar-refractivity contribution in [2.24, 2.45) is 0 Å². The minimum atomic E-state index is -0.285. The molecule has 0 saturated carbocycles. The summed E-state index contributed by atoms with van der Waals surface area (Å²) in [5.41, 5.74) is 4.30. The van der Waals surface area contributed by atoms with Crippen LogP contribution in [0, 0.1) is 0 Å². The van der Waals surface area contributed by atoms with E-state index in [0.29, 0.717) is 39.4 Å². The van der Waals surface area contributed by atoms with Crippen LogP contribution < -0.4 is 5.32 Å². The van der Waals surface area contributed by atoms with E-state index >= 15 is 0 Å². The Kier molecular flexibility index (Phi) is 5.06. The topological polar surface area (TPSA) is 72.2 Å². The highest BCUT2D eigenvalue weighted by atomic mass is 16.3. The van der Waals surface area contributed by atoms with Crippen molar-refractivity contribution < 1.29 is 14.0 Å². The molecule has 0 radical (unpaired) electrons. The number of amides is 1. The van der Waals surface area contributed by atoms with Gasteiger partial charge in [-0.2, -0.15) is 0 Å². The van der Waals surface area contributed by atoms with Gasteiger partial charge >= 0.3 is 0 Å². The van der Waals surface area contributed by atoms with Crippen LogP contribution in [0.2, 0.25) is 0 Å². The van der Waals surface area contributed by atoms with Gasteiger partial charge in [-0.05, 0) is 36.4 Å². The van der Waals surface area contributed by atoms with Crippen molar-refractivity contribution in [2.45, 2.75) is 0 Å². The average molecular weight is 418 g/mol. The van der Waals surface area contributed by atoms with Crippen LogP contribution in [0.4, 0.5) is 5.69 Å². The molecular weight excluding hydrogens is 400 g/mol. The number of nitrogens with zero attached hydrogens (tertiary/aromatic N) is 1. The van der Waals surface area contributed by atoms with Crippen molar-refractivity contribution in [1.29, 1.82) is 0 Å². The predicted molar refractivity (Wildman–Crippen MR) is 124 cm³/mol. The number of nitrogens with one attached hydrogen (secondary N) is 1. The molecule has 5 aromatic rings. The van der Waals surface area contributed by atoms with Crippen molar-refractivity contribution >= 4 is 28.5 Å². The Morgan fingerprint density at radius 1 is 0.656 bits per heavy atom. The number of para-hydroxylation sites is 3. The van der Waals surface area contributed by atoms with Crippen molar-refractivity contribution in [3.8, 4) is 11.5 Å². The maximum absolute atomic E-state index is 12.9. The highest BCUT2D eigenvalue weighted by Gasteiger charge is 2.15. The molecule has 0 aliphatic carbocycles. The number of rotatable bonds is 5. The molecule has 4 aromatic carbocycles. The molecule has 1 N–H and O–H groups in total. The smallest absolute Gasteiger partial charge is 0.255 e. The highest BCUT2D eigenvalue weighted by Crippen LogP contribution is 2.30. The first-order valence-corrected chi connectivity index (χ1v) is 10.2. The molecule has 5 nitrogen and oxygen atoms in total. The summed E-state index contributed by atoms with van der Waals surface area (Å²) in [7, 11) is 0. The van der Waals surface area contributed by atoms with E-state index in [1.54, 1.807) is 42.5 Å². The Morgan fingerprint density at radius 2 is 1.28 bits per heavy atom. The van der Waals surface area contributed by atoms with Gasteiger partial charge in [-0.15, -0.1) is 0 Å². The van der Waals surface area contributed by atoms with Gasteiger partial charge in [-0.3, -0.25) is 9.59 Å². The first-order valence-electron chi connectivity index (χ1n) is 10.2. The largest absolute Gasteiger partial charge is 0.436 e. The first-order chi connectivity index (χ1) is 15.7. The summed E-state index contributed by atoms with van der Waals surface area (Å²) in [5.74, 6) is 0.0667. The van der Waals surface area contributed by atoms with Crippen LogP contribution in [0.5, 0.6) is 0 Å². The Balaban J connectivity index is 1.38. The summed E-state index contributed by atoms with van der Waals surface area (Å²) in [6.45, 7) is 0. The molecule has 0 fully saturated rings. The van der Waals surface area contributed by atoms with Gasteiger partial charge in [0.1, 0.15) is 5.52 Å². The van der Waals surface area contributed by atoms with Gasteiger partial charge in [0.25, 0.3) is 5.91 Å². The molecule has 1 amide bonds. The molecule has 0 saturated heterocycles. The van der Waals surface area contributed by atoms with E-state index in [9.17, 15) is 9.59 Å². The van der Waals surface area contributed by atoms with E-state index < -0.39 is 0 Å². The van der Waals surface area contributed by atoms with Gasteiger partial charge in [0, 0.05) is 16.7 Å². The second-order valence-electron chi connectivity index (χ2n) is 7.26. The van der Waals surface area contributed by atoms with Crippen LogP contribution in [0.1, 0.15) is 26.3 Å². The normalized spacial score (nSPS) is 10.8. The Morgan fingerprint density at radius 3 is 2.06 bits per heavy atom. The van der Waals surface area contributed by atoms with E-state index in [1.165, 1.54) is 0 Å². The minimum Gasteiger partial charge on any atom is -0.436 e. The van der Waals surface area contributed by atoms with E-state index in [4.69, 9.17) is 4.42 Å². The van der Waals surface area contributed by atoms with E-state index in [1.807, 2.05) is 60.7 Å². The predicted octanol–water partition coefficient (Wildman–Crippen LogP) is 5.98. The minimum absolute atomic E-state index is 0.0844. The van der Waals surface area contributed by atoms with E-state index in [0.717, 1.165) is 5.52 Å². The zero-order valence-corrected chi connectivity index (χ0v) is 17.0. The summed E-state index contributed by atoms with van der Waals surface area (Å²) >= 11 is 0. The van der Waals surface area contributed by atoms with Crippen molar-refractivity contribution in [3.05, 3.63) is 120 Å². The Hall–Kier alpha value is -4.51. The molecule has 154 valence electrons. The van der Waals surface area contributed by atoms with Crippen molar-refractivity contribution in [3.63, 3.8) is 0 Å². The maximum Gasteiger partial charge on any atom is 0.255 e. The third kappa shape index (κ3) is 3.79. The van der Waals surface area contributed by atoms with Crippen LogP contribution in [-0.4, -0.2) is 16.7 Å². The lowest BCUT2D eigenvalue weighted by Crippen LogP contribution is -2.13. The second kappa shape index (κ2) is 8.32. The van der Waals surface area contributed by atoms with Gasteiger partial charge in [0.2, 0.25) is 5.89 Å². The summed E-state index contributed by atoms with van der Waals surface area (Å²) in [5, 5.41) is 2.93. The SMILES string of the molecule is O=C(Nc1ccccc1-c1nc2ccccc2o1)c1ccc(C(=O)c2ccccc2)cc1. The Labute approximate surface area is 184 Å². The summed E-state index contributed by atoms with van der Waals surface area (Å²) in [4.78, 5) is 30.0. The van der Waals surface area contributed by atoms with Crippen LogP contribution in [-0.2, 0) is 0 Å². The number of carbonyl (C=O) groups excluding carboxylic acids is 2. The lowest BCUT2D eigenvalue weighted by molar-refractivity contribution is 0.102. The molecule has 0 spiro atoms. The van der Waals surface area contributed by atoms with Crippen LogP contribution in [0.15, 0.2) is 108 Å². The number of aromatic nitrogens is 1. The summed E-state index contributed by atoms with van der Waals surface area (Å²) in [6, 6.07) is 30.5. The zero-order chi connectivity index (χ0) is 21.9. The third-order valence-electron chi connectivity index (χ3n) is 5.14. The van der Waals surface area contributed by atoms with Crippen molar-refractivity contribution in [1.82, 2.24) is 4.98 Å². The van der Waals surface area contributed by atoms with E-state index in [2.05, 4.69) is 10.3 Å². The van der Waals surface area contributed by atoms with Crippen molar-refractivity contribution in [2.75, 3.05) is 5.32 Å². The van der Waals surface area contributed by atoms with Crippen LogP contribution in [0.3, 0.4) is 0 Å². The maximum atomic E-state index is 12.9. The number of hydrogen-bond acceptors (Lipinski definition) is 4. The van der Waals surface area contributed by atoms with E-state index in [-0.39, 0.29) is 11.7 Å². The molecular formula is C27H18N2O3. The van der Waals surface area contributed by atoms with Gasteiger partial charge in [-0.1, -0.05) is 66.7 Å². The van der Waals surface area contributed by atoms with Crippen LogP contribution in [0.25, 0.3) is 22.6 Å². The number of carbonyl (C=O) groups is 2. The molecule has 1 heterocycles. The summed E-state index contributed by atoms with van der Waals surface area (Å²) < 4.78 is 5.87. The third-order valence-corrected chi connectivity index (χ3v) is 5.14. The summed E-state index contributed by atoms with van der Waals surface area (Å²) in [6.07, 6.45) is 0. The molecule has 5 rings (SSSR count).